The smallest absolute Gasteiger partial charge is 0.268 e. The molecular weight excluding hydrogens is 306 g/mol. The summed E-state index contributed by atoms with van der Waals surface area (Å²) in [6.45, 7) is 10.9. The van der Waals surface area contributed by atoms with Gasteiger partial charge in [-0.1, -0.05) is 29.8 Å². The number of aromatic nitrogens is 2. The zero-order chi connectivity index (χ0) is 14.4. The quantitative estimate of drug-likeness (QED) is 0.722. The Kier molecular flexibility index (Phi) is 6.55. The van der Waals surface area contributed by atoms with Crippen molar-refractivity contribution in [1.29, 1.82) is 0 Å². The van der Waals surface area contributed by atoms with E-state index in [9.17, 15) is 4.79 Å². The highest BCUT2D eigenvalue weighted by Crippen LogP contribution is 2.15. The van der Waals surface area contributed by atoms with Crippen LogP contribution in [0, 0.1) is 11.8 Å². The van der Waals surface area contributed by atoms with Gasteiger partial charge in [0.05, 0.1) is 11.9 Å². The fourth-order valence-electron chi connectivity index (χ4n) is 1.98. The standard InChI is InChI=1S/C14H24BrN3O/c1-5-17(6-2)13-7-14(19)18(16-9-13)10-12(8-15)11(3)4/h7,9,11-12H,5-6,8,10H2,1-4H3. The summed E-state index contributed by atoms with van der Waals surface area (Å²) < 4.78 is 1.57. The molecule has 0 amide bonds. The van der Waals surface area contributed by atoms with Gasteiger partial charge in [-0.25, -0.2) is 4.68 Å². The average Bonchev–Trinajstić information content (AvgIpc) is 2.38. The molecule has 1 rings (SSSR count). The lowest BCUT2D eigenvalue weighted by atomic mass is 9.98. The summed E-state index contributed by atoms with van der Waals surface area (Å²) in [5.41, 5.74) is 0.891. The van der Waals surface area contributed by atoms with E-state index in [0.717, 1.165) is 24.1 Å². The molecule has 0 aliphatic heterocycles. The Morgan fingerprint density at radius 2 is 2.00 bits per heavy atom. The van der Waals surface area contributed by atoms with Crippen molar-refractivity contribution in [3.63, 3.8) is 0 Å². The van der Waals surface area contributed by atoms with Gasteiger partial charge in [-0.3, -0.25) is 4.79 Å². The van der Waals surface area contributed by atoms with Crippen LogP contribution < -0.4 is 10.5 Å². The van der Waals surface area contributed by atoms with Crippen molar-refractivity contribution in [2.75, 3.05) is 23.3 Å². The molecule has 19 heavy (non-hydrogen) atoms. The lowest BCUT2D eigenvalue weighted by Crippen LogP contribution is -2.31. The predicted molar refractivity (Wildman–Crippen MR) is 84.2 cm³/mol. The number of hydrogen-bond acceptors (Lipinski definition) is 3. The van der Waals surface area contributed by atoms with E-state index < -0.39 is 0 Å². The molecule has 1 heterocycles. The molecular formula is C14H24BrN3O. The molecule has 1 atom stereocenters. The van der Waals surface area contributed by atoms with Gasteiger partial charge in [-0.2, -0.15) is 5.10 Å². The summed E-state index contributed by atoms with van der Waals surface area (Å²) in [4.78, 5) is 14.2. The molecule has 0 aromatic carbocycles. The molecule has 0 bridgehead atoms. The normalized spacial score (nSPS) is 12.7. The van der Waals surface area contributed by atoms with Crippen molar-refractivity contribution in [3.8, 4) is 0 Å². The first-order valence-corrected chi connectivity index (χ1v) is 8.03. The molecule has 0 saturated heterocycles. The molecule has 0 saturated carbocycles. The van der Waals surface area contributed by atoms with Crippen LogP contribution >= 0.6 is 15.9 Å². The third-order valence-corrected chi connectivity index (χ3v) is 4.36. The lowest BCUT2D eigenvalue weighted by Gasteiger charge is -2.22. The highest BCUT2D eigenvalue weighted by molar-refractivity contribution is 9.09. The second kappa shape index (κ2) is 7.68. The first kappa shape index (κ1) is 16.2. The molecule has 0 aliphatic rings. The Morgan fingerprint density at radius 3 is 2.42 bits per heavy atom. The number of nitrogens with zero attached hydrogens (tertiary/aromatic N) is 3. The first-order chi connectivity index (χ1) is 9.03. The topological polar surface area (TPSA) is 38.1 Å². The van der Waals surface area contributed by atoms with E-state index in [-0.39, 0.29) is 5.56 Å². The second-order valence-electron chi connectivity index (χ2n) is 5.06. The van der Waals surface area contributed by atoms with Crippen LogP contribution in [0.15, 0.2) is 17.1 Å². The minimum absolute atomic E-state index is 0.0176. The predicted octanol–water partition coefficient (Wildman–Crippen LogP) is 2.76. The Balaban J connectivity index is 2.91. The lowest BCUT2D eigenvalue weighted by molar-refractivity contribution is 0.348. The highest BCUT2D eigenvalue weighted by Gasteiger charge is 2.14. The van der Waals surface area contributed by atoms with E-state index in [0.29, 0.717) is 18.4 Å². The zero-order valence-corrected chi connectivity index (χ0v) is 13.9. The van der Waals surface area contributed by atoms with Crippen molar-refractivity contribution in [2.24, 2.45) is 11.8 Å². The number of halogens is 1. The fraction of sp³-hybridized carbons (Fsp3) is 0.714. The molecule has 0 fully saturated rings. The van der Waals surface area contributed by atoms with Crippen molar-refractivity contribution < 1.29 is 0 Å². The third-order valence-electron chi connectivity index (χ3n) is 3.53. The molecule has 0 aliphatic carbocycles. The van der Waals surface area contributed by atoms with Gasteiger partial charge in [0.1, 0.15) is 0 Å². The molecule has 0 N–H and O–H groups in total. The number of rotatable bonds is 7. The van der Waals surface area contributed by atoms with Crippen molar-refractivity contribution in [1.82, 2.24) is 9.78 Å². The minimum atomic E-state index is -0.0176. The molecule has 1 unspecified atom stereocenters. The fourth-order valence-corrected chi connectivity index (χ4v) is 2.94. The molecule has 4 nitrogen and oxygen atoms in total. The summed E-state index contributed by atoms with van der Waals surface area (Å²) in [5, 5.41) is 5.19. The largest absolute Gasteiger partial charge is 0.371 e. The second-order valence-corrected chi connectivity index (χ2v) is 5.71. The van der Waals surface area contributed by atoms with Crippen molar-refractivity contribution >= 4 is 21.6 Å². The molecule has 1 aromatic rings. The number of hydrogen-bond donors (Lipinski definition) is 0. The number of anilines is 1. The Morgan fingerprint density at radius 1 is 1.37 bits per heavy atom. The van der Waals surface area contributed by atoms with Crippen LogP contribution in [0.25, 0.3) is 0 Å². The van der Waals surface area contributed by atoms with Crippen molar-refractivity contribution in [3.05, 3.63) is 22.6 Å². The SMILES string of the molecule is CCN(CC)c1cnn(CC(CBr)C(C)C)c(=O)c1. The highest BCUT2D eigenvalue weighted by atomic mass is 79.9. The third kappa shape index (κ3) is 4.34. The van der Waals surface area contributed by atoms with E-state index in [4.69, 9.17) is 0 Å². The van der Waals surface area contributed by atoms with Gasteiger partial charge in [0, 0.05) is 31.0 Å². The van der Waals surface area contributed by atoms with Crippen LogP contribution in [0.4, 0.5) is 5.69 Å². The zero-order valence-electron chi connectivity index (χ0n) is 12.3. The van der Waals surface area contributed by atoms with Gasteiger partial charge in [0.2, 0.25) is 0 Å². The van der Waals surface area contributed by atoms with Crippen LogP contribution in [0.5, 0.6) is 0 Å². The summed E-state index contributed by atoms with van der Waals surface area (Å²) >= 11 is 3.51. The van der Waals surface area contributed by atoms with E-state index in [2.05, 4.69) is 53.6 Å². The Hall–Kier alpha value is -0.840. The molecule has 0 radical (unpaired) electrons. The van der Waals surface area contributed by atoms with Gasteiger partial charge in [0.25, 0.3) is 5.56 Å². The van der Waals surface area contributed by atoms with E-state index in [1.807, 2.05) is 0 Å². The summed E-state index contributed by atoms with van der Waals surface area (Å²) in [5.74, 6) is 0.944. The summed E-state index contributed by atoms with van der Waals surface area (Å²) in [6.07, 6.45) is 1.79. The molecule has 0 spiro atoms. The maximum atomic E-state index is 12.1. The van der Waals surface area contributed by atoms with Crippen LogP contribution in [-0.4, -0.2) is 28.2 Å². The van der Waals surface area contributed by atoms with E-state index >= 15 is 0 Å². The van der Waals surface area contributed by atoms with Crippen LogP contribution in [-0.2, 0) is 6.54 Å². The van der Waals surface area contributed by atoms with Crippen molar-refractivity contribution in [2.45, 2.75) is 34.2 Å². The van der Waals surface area contributed by atoms with Gasteiger partial charge >= 0.3 is 0 Å². The van der Waals surface area contributed by atoms with Gasteiger partial charge in [-0.05, 0) is 25.7 Å². The molecule has 1 aromatic heterocycles. The maximum Gasteiger partial charge on any atom is 0.268 e. The molecule has 108 valence electrons. The summed E-state index contributed by atoms with van der Waals surface area (Å²) in [6, 6.07) is 1.69. The van der Waals surface area contributed by atoms with Crippen LogP contribution in [0.1, 0.15) is 27.7 Å². The molecule has 5 heteroatoms. The first-order valence-electron chi connectivity index (χ1n) is 6.91. The van der Waals surface area contributed by atoms with Crippen LogP contribution in [0.2, 0.25) is 0 Å². The minimum Gasteiger partial charge on any atom is -0.371 e. The van der Waals surface area contributed by atoms with E-state index in [1.165, 1.54) is 0 Å². The number of alkyl halides is 1. The average molecular weight is 330 g/mol. The van der Waals surface area contributed by atoms with Gasteiger partial charge < -0.3 is 4.90 Å². The summed E-state index contributed by atoms with van der Waals surface area (Å²) in [7, 11) is 0. The Bertz CT molecular complexity index is 441. The van der Waals surface area contributed by atoms with Gasteiger partial charge in [-0.15, -0.1) is 0 Å². The van der Waals surface area contributed by atoms with Crippen LogP contribution in [0.3, 0.4) is 0 Å². The Labute approximate surface area is 123 Å². The van der Waals surface area contributed by atoms with E-state index in [1.54, 1.807) is 16.9 Å². The monoisotopic (exact) mass is 329 g/mol. The maximum absolute atomic E-state index is 12.1. The van der Waals surface area contributed by atoms with Gasteiger partial charge in [0.15, 0.2) is 0 Å².